The van der Waals surface area contributed by atoms with Gasteiger partial charge in [0.1, 0.15) is 0 Å². The van der Waals surface area contributed by atoms with Crippen molar-refractivity contribution in [3.63, 3.8) is 0 Å². The van der Waals surface area contributed by atoms with Gasteiger partial charge in [-0.25, -0.2) is 4.79 Å². The molecule has 0 atom stereocenters. The molecule has 4 aromatic rings. The fourth-order valence-electron chi connectivity index (χ4n) is 2.84. The number of halogens is 1. The number of esters is 1. The van der Waals surface area contributed by atoms with E-state index in [0.29, 0.717) is 27.0 Å². The van der Waals surface area contributed by atoms with E-state index in [1.165, 1.54) is 16.2 Å². The summed E-state index contributed by atoms with van der Waals surface area (Å²) < 4.78 is 10.9. The zero-order valence-corrected chi connectivity index (χ0v) is 17.9. The van der Waals surface area contributed by atoms with Crippen molar-refractivity contribution in [2.24, 2.45) is 0 Å². The second-order valence-electron chi connectivity index (χ2n) is 6.44. The molecule has 31 heavy (non-hydrogen) atoms. The van der Waals surface area contributed by atoms with Crippen LogP contribution in [0.3, 0.4) is 0 Å². The summed E-state index contributed by atoms with van der Waals surface area (Å²) in [5, 5.41) is 10.3. The molecule has 0 bridgehead atoms. The highest BCUT2D eigenvalue weighted by atomic mass is 35.5. The van der Waals surface area contributed by atoms with Crippen LogP contribution in [0.2, 0.25) is 5.02 Å². The van der Waals surface area contributed by atoms with E-state index in [9.17, 15) is 9.59 Å². The molecule has 0 aliphatic carbocycles. The smallest absolute Gasteiger partial charge is 0.340 e. The SMILES string of the molecule is CN(C(=O)c1cccs1)c1ccccc1C(=O)OCc1nnc(-c2ccc(Cl)cc2)o1. The quantitative estimate of drug-likeness (QED) is 0.378. The van der Waals surface area contributed by atoms with Crippen LogP contribution in [0.1, 0.15) is 25.9 Å². The third kappa shape index (κ3) is 4.65. The standard InChI is InChI=1S/C22H16ClN3O4S/c1-26(21(27)18-7-4-12-31-18)17-6-3-2-5-16(17)22(28)29-13-19-24-25-20(30-19)14-8-10-15(23)11-9-14/h2-12H,13H2,1H3. The number of carbonyl (C=O) groups is 2. The van der Waals surface area contributed by atoms with Crippen LogP contribution in [0.15, 0.2) is 70.5 Å². The van der Waals surface area contributed by atoms with Crippen molar-refractivity contribution in [3.05, 3.63) is 87.4 Å². The Labute approximate surface area is 186 Å². The van der Waals surface area contributed by atoms with E-state index in [2.05, 4.69) is 10.2 Å². The maximum Gasteiger partial charge on any atom is 0.340 e. The van der Waals surface area contributed by atoms with E-state index >= 15 is 0 Å². The molecular weight excluding hydrogens is 438 g/mol. The highest BCUT2D eigenvalue weighted by molar-refractivity contribution is 7.12. The predicted molar refractivity (Wildman–Crippen MR) is 117 cm³/mol. The summed E-state index contributed by atoms with van der Waals surface area (Å²) >= 11 is 7.22. The first kappa shape index (κ1) is 20.8. The van der Waals surface area contributed by atoms with Gasteiger partial charge in [0.2, 0.25) is 5.89 Å². The lowest BCUT2D eigenvalue weighted by Gasteiger charge is -2.19. The van der Waals surface area contributed by atoms with E-state index in [-0.39, 0.29) is 24.0 Å². The molecular formula is C22H16ClN3O4S. The fourth-order valence-corrected chi connectivity index (χ4v) is 3.66. The van der Waals surface area contributed by atoms with Gasteiger partial charge in [-0.2, -0.15) is 0 Å². The molecule has 2 aromatic carbocycles. The second kappa shape index (κ2) is 9.11. The van der Waals surface area contributed by atoms with Crippen LogP contribution >= 0.6 is 22.9 Å². The molecule has 156 valence electrons. The van der Waals surface area contributed by atoms with Crippen LogP contribution in [0.4, 0.5) is 5.69 Å². The van der Waals surface area contributed by atoms with Crippen molar-refractivity contribution < 1.29 is 18.7 Å². The van der Waals surface area contributed by atoms with Crippen LogP contribution in [0.25, 0.3) is 11.5 Å². The molecule has 2 aromatic heterocycles. The van der Waals surface area contributed by atoms with Crippen molar-refractivity contribution in [2.45, 2.75) is 6.61 Å². The summed E-state index contributed by atoms with van der Waals surface area (Å²) in [5.41, 5.74) is 1.40. The lowest BCUT2D eigenvalue weighted by molar-refractivity contribution is 0.0439. The van der Waals surface area contributed by atoms with Crippen LogP contribution in [-0.2, 0) is 11.3 Å². The third-order valence-corrected chi connectivity index (χ3v) is 5.52. The van der Waals surface area contributed by atoms with E-state index in [1.54, 1.807) is 67.7 Å². The number of thiophene rings is 1. The monoisotopic (exact) mass is 453 g/mol. The molecule has 7 nitrogen and oxygen atoms in total. The number of aromatic nitrogens is 2. The van der Waals surface area contributed by atoms with E-state index < -0.39 is 5.97 Å². The largest absolute Gasteiger partial charge is 0.452 e. The molecule has 0 aliphatic rings. The van der Waals surface area contributed by atoms with Crippen molar-refractivity contribution in [1.29, 1.82) is 0 Å². The molecule has 0 spiro atoms. The number of amides is 1. The Morgan fingerprint density at radius 1 is 1.06 bits per heavy atom. The normalized spacial score (nSPS) is 10.6. The van der Waals surface area contributed by atoms with Crippen LogP contribution < -0.4 is 4.90 Å². The molecule has 2 heterocycles. The molecule has 0 fully saturated rings. The van der Waals surface area contributed by atoms with Gasteiger partial charge in [-0.1, -0.05) is 29.8 Å². The summed E-state index contributed by atoms with van der Waals surface area (Å²) in [7, 11) is 1.62. The molecule has 0 radical (unpaired) electrons. The van der Waals surface area contributed by atoms with E-state index in [0.717, 1.165) is 0 Å². The number of anilines is 1. The maximum absolute atomic E-state index is 12.7. The van der Waals surface area contributed by atoms with Gasteiger partial charge in [0, 0.05) is 17.6 Å². The van der Waals surface area contributed by atoms with Crippen LogP contribution in [0, 0.1) is 0 Å². The molecule has 0 N–H and O–H groups in total. The Bertz CT molecular complexity index is 1210. The van der Waals surface area contributed by atoms with Gasteiger partial charge in [0.15, 0.2) is 6.61 Å². The zero-order chi connectivity index (χ0) is 21.8. The molecule has 0 saturated carbocycles. The van der Waals surface area contributed by atoms with Gasteiger partial charge < -0.3 is 14.1 Å². The molecule has 0 aliphatic heterocycles. The Morgan fingerprint density at radius 2 is 1.84 bits per heavy atom. The van der Waals surface area contributed by atoms with E-state index in [1.807, 2.05) is 5.38 Å². The lowest BCUT2D eigenvalue weighted by atomic mass is 10.1. The topological polar surface area (TPSA) is 85.5 Å². The molecule has 1 amide bonds. The lowest BCUT2D eigenvalue weighted by Crippen LogP contribution is -2.27. The Balaban J connectivity index is 1.46. The van der Waals surface area contributed by atoms with Gasteiger partial charge in [-0.3, -0.25) is 4.79 Å². The first-order chi connectivity index (χ1) is 15.0. The van der Waals surface area contributed by atoms with Crippen molar-refractivity contribution in [2.75, 3.05) is 11.9 Å². The number of hydrogen-bond acceptors (Lipinski definition) is 7. The van der Waals surface area contributed by atoms with Crippen LogP contribution in [0.5, 0.6) is 0 Å². The number of benzene rings is 2. The molecule has 0 unspecified atom stereocenters. The minimum atomic E-state index is -0.604. The first-order valence-electron chi connectivity index (χ1n) is 9.19. The third-order valence-electron chi connectivity index (χ3n) is 4.41. The fraction of sp³-hybridized carbons (Fsp3) is 0.0909. The number of hydrogen-bond donors (Lipinski definition) is 0. The molecule has 9 heteroatoms. The number of para-hydroxylation sites is 1. The Kier molecular flexibility index (Phi) is 6.11. The highest BCUT2D eigenvalue weighted by Crippen LogP contribution is 2.24. The number of nitrogens with zero attached hydrogens (tertiary/aromatic N) is 3. The average molecular weight is 454 g/mol. The van der Waals surface area contributed by atoms with Gasteiger partial charge in [0.05, 0.1) is 16.1 Å². The Morgan fingerprint density at radius 3 is 2.58 bits per heavy atom. The van der Waals surface area contributed by atoms with Gasteiger partial charge in [-0.05, 0) is 47.8 Å². The Hall–Kier alpha value is -3.49. The summed E-state index contributed by atoms with van der Waals surface area (Å²) in [6.07, 6.45) is 0. The summed E-state index contributed by atoms with van der Waals surface area (Å²) in [5.74, 6) is -0.365. The first-order valence-corrected chi connectivity index (χ1v) is 10.4. The predicted octanol–water partition coefficient (Wildman–Crippen LogP) is 5.09. The van der Waals surface area contributed by atoms with Crippen molar-refractivity contribution in [1.82, 2.24) is 10.2 Å². The van der Waals surface area contributed by atoms with Crippen molar-refractivity contribution >= 4 is 40.5 Å². The number of carbonyl (C=O) groups excluding carboxylic acids is 2. The molecule has 0 saturated heterocycles. The van der Waals surface area contributed by atoms with Gasteiger partial charge in [-0.15, -0.1) is 21.5 Å². The summed E-state index contributed by atoms with van der Waals surface area (Å²) in [6.45, 7) is -0.198. The summed E-state index contributed by atoms with van der Waals surface area (Å²) in [6, 6.07) is 17.2. The maximum atomic E-state index is 12.7. The van der Waals surface area contributed by atoms with Gasteiger partial charge in [0.25, 0.3) is 11.8 Å². The van der Waals surface area contributed by atoms with Crippen LogP contribution in [-0.4, -0.2) is 29.1 Å². The molecule has 4 rings (SSSR count). The minimum Gasteiger partial charge on any atom is -0.452 e. The minimum absolute atomic E-state index is 0.152. The van der Waals surface area contributed by atoms with Crippen molar-refractivity contribution in [3.8, 4) is 11.5 Å². The average Bonchev–Trinajstić information content (AvgIpc) is 3.49. The number of rotatable bonds is 6. The highest BCUT2D eigenvalue weighted by Gasteiger charge is 2.21. The zero-order valence-electron chi connectivity index (χ0n) is 16.3. The van der Waals surface area contributed by atoms with Gasteiger partial charge >= 0.3 is 5.97 Å². The summed E-state index contributed by atoms with van der Waals surface area (Å²) in [4.78, 5) is 27.4. The van der Waals surface area contributed by atoms with E-state index in [4.69, 9.17) is 20.8 Å². The number of ether oxygens (including phenoxy) is 1. The second-order valence-corrected chi connectivity index (χ2v) is 7.83.